The third-order valence-corrected chi connectivity index (χ3v) is 11.8. The first-order chi connectivity index (χ1) is 28.1. The van der Waals surface area contributed by atoms with Crippen LogP contribution in [0.4, 0.5) is 0 Å². The van der Waals surface area contributed by atoms with Crippen LogP contribution in [-0.4, -0.2) is 9.97 Å². The van der Waals surface area contributed by atoms with Crippen LogP contribution in [-0.2, 0) is 5.41 Å². The summed E-state index contributed by atoms with van der Waals surface area (Å²) in [6.07, 6.45) is 0. The maximum absolute atomic E-state index is 6.12. The van der Waals surface area contributed by atoms with Crippen molar-refractivity contribution in [1.29, 1.82) is 0 Å². The van der Waals surface area contributed by atoms with E-state index in [0.29, 0.717) is 5.82 Å². The quantitative estimate of drug-likeness (QED) is 0.171. The summed E-state index contributed by atoms with van der Waals surface area (Å²) in [5.74, 6) is 0.695. The average Bonchev–Trinajstić information content (AvgIpc) is 3.80. The van der Waals surface area contributed by atoms with Gasteiger partial charge < -0.3 is 4.42 Å². The normalized spacial score (nSPS) is 14.5. The summed E-state index contributed by atoms with van der Waals surface area (Å²) in [7, 11) is 0. The number of rotatable bonds is 6. The largest absolute Gasteiger partial charge is 0.456 e. The average molecular weight is 729 g/mol. The number of fused-ring (bicyclic) bond motifs is 6. The molecule has 8 aromatic carbocycles. The van der Waals surface area contributed by atoms with Crippen molar-refractivity contribution in [2.24, 2.45) is 0 Å². The third kappa shape index (κ3) is 5.43. The summed E-state index contributed by atoms with van der Waals surface area (Å²) in [5, 5.41) is 2.23. The summed E-state index contributed by atoms with van der Waals surface area (Å²) in [5.41, 5.74) is 17.5. The fourth-order valence-electron chi connectivity index (χ4n) is 8.96. The summed E-state index contributed by atoms with van der Waals surface area (Å²) in [6.45, 7) is 2.38. The molecule has 0 spiro atoms. The molecular formula is C54H36N2O. The SMILES string of the molecule is CC1(c2ccccc2)c2ccccc2-c2cccc(-c3ccc(-c4cc(-c5cccc(-c6ccc7oc8ccccc8c7c6)c5)nc(-c5ccccc5)n4)cc3)c21. The highest BCUT2D eigenvalue weighted by Crippen LogP contribution is 2.55. The molecule has 1 aliphatic carbocycles. The molecule has 0 N–H and O–H groups in total. The number of benzene rings is 8. The van der Waals surface area contributed by atoms with E-state index in [1.165, 1.54) is 38.9 Å². The van der Waals surface area contributed by atoms with Crippen molar-refractivity contribution < 1.29 is 4.42 Å². The van der Waals surface area contributed by atoms with Crippen molar-refractivity contribution in [3.63, 3.8) is 0 Å². The van der Waals surface area contributed by atoms with Gasteiger partial charge in [-0.1, -0.05) is 170 Å². The van der Waals surface area contributed by atoms with E-state index in [-0.39, 0.29) is 5.41 Å². The number of hydrogen-bond donors (Lipinski definition) is 0. The Kier molecular flexibility index (Phi) is 7.61. The van der Waals surface area contributed by atoms with Crippen molar-refractivity contribution in [2.75, 3.05) is 0 Å². The van der Waals surface area contributed by atoms with Crippen LogP contribution in [0.1, 0.15) is 23.6 Å². The van der Waals surface area contributed by atoms with Crippen molar-refractivity contribution in [2.45, 2.75) is 12.3 Å². The minimum atomic E-state index is -0.290. The summed E-state index contributed by atoms with van der Waals surface area (Å²) >= 11 is 0. The predicted octanol–water partition coefficient (Wildman–Crippen LogP) is 14.0. The second kappa shape index (κ2) is 13.1. The molecule has 0 aliphatic heterocycles. The molecule has 1 atom stereocenters. The summed E-state index contributed by atoms with van der Waals surface area (Å²) in [4.78, 5) is 10.3. The van der Waals surface area contributed by atoms with Gasteiger partial charge in [-0.25, -0.2) is 9.97 Å². The standard InChI is InChI=1S/C54H36N2O/c1-54(41-18-6-3-7-19-41)47-24-10-8-20-43(47)45-23-13-22-42(52(45)54)35-26-28-36(29-27-35)48-34-49(56-53(55-48)37-14-4-2-5-15-37)40-17-12-16-38(32-40)39-30-31-51-46(33-39)44-21-9-11-25-50(44)57-51/h2-34H,1H3. The van der Waals surface area contributed by atoms with E-state index in [1.807, 2.05) is 30.3 Å². The van der Waals surface area contributed by atoms with Crippen molar-refractivity contribution in [1.82, 2.24) is 9.97 Å². The van der Waals surface area contributed by atoms with E-state index in [0.717, 1.165) is 61.1 Å². The number of para-hydroxylation sites is 1. The smallest absolute Gasteiger partial charge is 0.160 e. The molecule has 57 heavy (non-hydrogen) atoms. The van der Waals surface area contributed by atoms with Gasteiger partial charge in [0.15, 0.2) is 5.82 Å². The Hall–Kier alpha value is -7.36. The van der Waals surface area contributed by atoms with Crippen LogP contribution < -0.4 is 0 Å². The Labute approximate surface area is 331 Å². The molecule has 0 saturated carbocycles. The minimum Gasteiger partial charge on any atom is -0.456 e. The second-order valence-corrected chi connectivity index (χ2v) is 15.1. The molecule has 1 unspecified atom stereocenters. The second-order valence-electron chi connectivity index (χ2n) is 15.1. The minimum absolute atomic E-state index is 0.290. The summed E-state index contributed by atoms with van der Waals surface area (Å²) < 4.78 is 6.12. The van der Waals surface area contributed by atoms with Gasteiger partial charge in [0.2, 0.25) is 0 Å². The highest BCUT2D eigenvalue weighted by atomic mass is 16.3. The first kappa shape index (κ1) is 33.0. The zero-order valence-electron chi connectivity index (χ0n) is 31.4. The third-order valence-electron chi connectivity index (χ3n) is 11.8. The lowest BCUT2D eigenvalue weighted by Crippen LogP contribution is -2.23. The number of furan rings is 1. The van der Waals surface area contributed by atoms with Crippen LogP contribution >= 0.6 is 0 Å². The number of hydrogen-bond acceptors (Lipinski definition) is 3. The topological polar surface area (TPSA) is 38.9 Å². The van der Waals surface area contributed by atoms with Crippen molar-refractivity contribution >= 4 is 21.9 Å². The van der Waals surface area contributed by atoms with E-state index in [2.05, 4.69) is 177 Å². The molecule has 0 radical (unpaired) electrons. The first-order valence-corrected chi connectivity index (χ1v) is 19.5. The fourth-order valence-corrected chi connectivity index (χ4v) is 8.96. The van der Waals surface area contributed by atoms with E-state index < -0.39 is 0 Å². The van der Waals surface area contributed by atoms with Crippen LogP contribution in [0.5, 0.6) is 0 Å². The molecule has 3 nitrogen and oxygen atoms in total. The molecule has 0 fully saturated rings. The molecule has 0 amide bonds. The van der Waals surface area contributed by atoms with Crippen LogP contribution in [0.2, 0.25) is 0 Å². The molecule has 0 bridgehead atoms. The molecule has 1 aliphatic rings. The van der Waals surface area contributed by atoms with Gasteiger partial charge in [-0.05, 0) is 87.3 Å². The monoisotopic (exact) mass is 728 g/mol. The molecular weight excluding hydrogens is 693 g/mol. The van der Waals surface area contributed by atoms with E-state index >= 15 is 0 Å². The Bertz CT molecular complexity index is 3130. The molecule has 268 valence electrons. The van der Waals surface area contributed by atoms with Crippen LogP contribution in [0.3, 0.4) is 0 Å². The van der Waals surface area contributed by atoms with Crippen LogP contribution in [0.25, 0.3) is 89.2 Å². The maximum atomic E-state index is 6.12. The highest BCUT2D eigenvalue weighted by Gasteiger charge is 2.42. The Morgan fingerprint density at radius 3 is 1.81 bits per heavy atom. The van der Waals surface area contributed by atoms with Crippen LogP contribution in [0, 0.1) is 0 Å². The van der Waals surface area contributed by atoms with Gasteiger partial charge in [-0.3, -0.25) is 0 Å². The van der Waals surface area contributed by atoms with Gasteiger partial charge in [-0.15, -0.1) is 0 Å². The molecule has 3 heteroatoms. The van der Waals surface area contributed by atoms with E-state index in [4.69, 9.17) is 14.4 Å². The van der Waals surface area contributed by atoms with Crippen molar-refractivity contribution in [3.05, 3.63) is 217 Å². The van der Waals surface area contributed by atoms with Crippen molar-refractivity contribution in [3.8, 4) is 67.3 Å². The van der Waals surface area contributed by atoms with Gasteiger partial charge in [0.1, 0.15) is 11.2 Å². The Morgan fingerprint density at radius 2 is 0.965 bits per heavy atom. The van der Waals surface area contributed by atoms with Gasteiger partial charge in [-0.2, -0.15) is 0 Å². The highest BCUT2D eigenvalue weighted by molar-refractivity contribution is 6.06. The van der Waals surface area contributed by atoms with E-state index in [1.54, 1.807) is 0 Å². The van der Waals surface area contributed by atoms with Gasteiger partial charge >= 0.3 is 0 Å². The first-order valence-electron chi connectivity index (χ1n) is 19.5. The Balaban J connectivity index is 1.00. The predicted molar refractivity (Wildman–Crippen MR) is 234 cm³/mol. The van der Waals surface area contributed by atoms with E-state index in [9.17, 15) is 0 Å². The lowest BCUT2D eigenvalue weighted by Gasteiger charge is -2.30. The molecule has 2 aromatic heterocycles. The summed E-state index contributed by atoms with van der Waals surface area (Å²) in [6, 6.07) is 71.1. The molecule has 2 heterocycles. The number of nitrogens with zero attached hydrogens (tertiary/aromatic N) is 2. The van der Waals surface area contributed by atoms with Gasteiger partial charge in [0.25, 0.3) is 0 Å². The fraction of sp³-hybridized carbons (Fsp3) is 0.0370. The Morgan fingerprint density at radius 1 is 0.386 bits per heavy atom. The molecule has 0 saturated heterocycles. The molecule has 11 rings (SSSR count). The van der Waals surface area contributed by atoms with Gasteiger partial charge in [0.05, 0.1) is 11.4 Å². The zero-order valence-corrected chi connectivity index (χ0v) is 31.4. The number of aromatic nitrogens is 2. The van der Waals surface area contributed by atoms with Gasteiger partial charge in [0, 0.05) is 32.9 Å². The zero-order chi connectivity index (χ0) is 37.9. The van der Waals surface area contributed by atoms with Crippen LogP contribution in [0.15, 0.2) is 205 Å². The lowest BCUT2D eigenvalue weighted by atomic mass is 9.72. The molecule has 10 aromatic rings. The lowest BCUT2D eigenvalue weighted by molar-refractivity contribution is 0.669. The maximum Gasteiger partial charge on any atom is 0.160 e.